The number of carbonyl (C=O) groups is 1. The molecule has 2 aromatic rings. The van der Waals surface area contributed by atoms with Crippen LogP contribution >= 0.6 is 0 Å². The molecule has 0 aliphatic heterocycles. The van der Waals surface area contributed by atoms with Crippen molar-refractivity contribution in [2.45, 2.75) is 13.5 Å². The minimum atomic E-state index is -0.322. The Kier molecular flexibility index (Phi) is 3.75. The first-order valence-electron chi connectivity index (χ1n) is 5.78. The van der Waals surface area contributed by atoms with Crippen molar-refractivity contribution in [2.24, 2.45) is 0 Å². The van der Waals surface area contributed by atoms with Gasteiger partial charge in [0.1, 0.15) is 5.82 Å². The normalized spacial score (nSPS) is 10.2. The van der Waals surface area contributed by atoms with Crippen LogP contribution in [0.4, 0.5) is 4.39 Å². The van der Waals surface area contributed by atoms with E-state index in [1.165, 1.54) is 24.4 Å². The molecular weight excluding hydrogens is 247 g/mol. The van der Waals surface area contributed by atoms with Crippen LogP contribution < -0.4 is 10.9 Å². The molecule has 1 aromatic heterocycles. The van der Waals surface area contributed by atoms with Gasteiger partial charge >= 0.3 is 0 Å². The van der Waals surface area contributed by atoms with E-state index >= 15 is 0 Å². The summed E-state index contributed by atoms with van der Waals surface area (Å²) in [4.78, 5) is 25.0. The molecule has 0 saturated heterocycles. The highest BCUT2D eigenvalue weighted by Crippen LogP contribution is 2.09. The quantitative estimate of drug-likeness (QED) is 0.883. The first-order chi connectivity index (χ1) is 9.06. The molecule has 98 valence electrons. The average Bonchev–Trinajstić information content (AvgIpc) is 2.40. The monoisotopic (exact) mass is 260 g/mol. The van der Waals surface area contributed by atoms with E-state index in [1.54, 1.807) is 19.1 Å². The summed E-state index contributed by atoms with van der Waals surface area (Å²) >= 11 is 0. The molecule has 0 aliphatic rings. The maximum absolute atomic E-state index is 13.3. The Bertz CT molecular complexity index is 644. The lowest BCUT2D eigenvalue weighted by Crippen LogP contribution is -2.23. The third-order valence-electron chi connectivity index (χ3n) is 2.74. The van der Waals surface area contributed by atoms with Crippen LogP contribution in [0.25, 0.3) is 0 Å². The molecule has 1 heterocycles. The predicted molar refractivity (Wildman–Crippen MR) is 69.4 cm³/mol. The largest absolute Gasteiger partial charge is 0.348 e. The van der Waals surface area contributed by atoms with Crippen molar-refractivity contribution >= 4 is 5.91 Å². The van der Waals surface area contributed by atoms with E-state index in [-0.39, 0.29) is 23.8 Å². The van der Waals surface area contributed by atoms with Crippen LogP contribution in [0.15, 0.2) is 41.3 Å². The summed E-state index contributed by atoms with van der Waals surface area (Å²) in [5.74, 6) is -0.618. The van der Waals surface area contributed by atoms with Gasteiger partial charge in [0.15, 0.2) is 0 Å². The van der Waals surface area contributed by atoms with Gasteiger partial charge in [-0.2, -0.15) is 0 Å². The molecule has 0 unspecified atom stereocenters. The lowest BCUT2D eigenvalue weighted by Gasteiger charge is -2.06. The van der Waals surface area contributed by atoms with Gasteiger partial charge in [0.2, 0.25) is 5.56 Å². The number of amides is 1. The van der Waals surface area contributed by atoms with Crippen LogP contribution in [-0.4, -0.2) is 10.9 Å². The Hall–Kier alpha value is -2.43. The summed E-state index contributed by atoms with van der Waals surface area (Å²) in [7, 11) is 0. The van der Waals surface area contributed by atoms with Crippen molar-refractivity contribution in [1.29, 1.82) is 0 Å². The number of nitrogens with one attached hydrogen (secondary N) is 2. The number of rotatable bonds is 3. The van der Waals surface area contributed by atoms with Gasteiger partial charge in [-0.3, -0.25) is 9.59 Å². The number of hydrogen-bond donors (Lipinski definition) is 2. The second-order valence-electron chi connectivity index (χ2n) is 4.21. The summed E-state index contributed by atoms with van der Waals surface area (Å²) in [5, 5.41) is 2.65. The van der Waals surface area contributed by atoms with Gasteiger partial charge in [-0.25, -0.2) is 4.39 Å². The van der Waals surface area contributed by atoms with E-state index in [1.807, 2.05) is 0 Å². The number of benzene rings is 1. The Balaban J connectivity index is 2.02. The number of aryl methyl sites for hydroxylation is 1. The van der Waals surface area contributed by atoms with Crippen molar-refractivity contribution in [3.8, 4) is 0 Å². The molecule has 0 bridgehead atoms. The van der Waals surface area contributed by atoms with E-state index < -0.39 is 0 Å². The minimum absolute atomic E-state index is 0.231. The number of halogens is 1. The maximum Gasteiger partial charge on any atom is 0.253 e. The van der Waals surface area contributed by atoms with Gasteiger partial charge in [0.25, 0.3) is 5.91 Å². The second kappa shape index (κ2) is 5.48. The number of aromatic amines is 1. The van der Waals surface area contributed by atoms with Crippen LogP contribution in [0, 0.1) is 12.7 Å². The number of hydrogen-bond acceptors (Lipinski definition) is 2. The molecule has 0 aliphatic carbocycles. The van der Waals surface area contributed by atoms with Gasteiger partial charge in [0, 0.05) is 18.8 Å². The van der Waals surface area contributed by atoms with Gasteiger partial charge in [-0.15, -0.1) is 0 Å². The van der Waals surface area contributed by atoms with Crippen molar-refractivity contribution in [3.05, 3.63) is 69.4 Å². The van der Waals surface area contributed by atoms with Gasteiger partial charge in [-0.1, -0.05) is 12.1 Å². The zero-order valence-corrected chi connectivity index (χ0v) is 10.4. The lowest BCUT2D eigenvalue weighted by molar-refractivity contribution is 0.0950. The number of aromatic nitrogens is 1. The van der Waals surface area contributed by atoms with Gasteiger partial charge in [-0.05, 0) is 30.2 Å². The molecule has 2 N–H and O–H groups in total. The molecule has 0 spiro atoms. The third kappa shape index (κ3) is 3.28. The van der Waals surface area contributed by atoms with Crippen LogP contribution in [0.1, 0.15) is 21.5 Å². The molecule has 2 rings (SSSR count). The second-order valence-corrected chi connectivity index (χ2v) is 4.21. The SMILES string of the molecule is Cc1ccc(CNC(=O)c2ccc(=O)[nH]c2)cc1F. The van der Waals surface area contributed by atoms with Crippen LogP contribution in [0.3, 0.4) is 0 Å². The summed E-state index contributed by atoms with van der Waals surface area (Å²) in [6.45, 7) is 1.91. The summed E-state index contributed by atoms with van der Waals surface area (Å²) in [6, 6.07) is 7.52. The number of H-pyrrole nitrogens is 1. The fraction of sp³-hybridized carbons (Fsp3) is 0.143. The molecule has 5 heteroatoms. The van der Waals surface area contributed by atoms with E-state index in [2.05, 4.69) is 10.3 Å². The zero-order valence-electron chi connectivity index (χ0n) is 10.4. The van der Waals surface area contributed by atoms with Crippen LogP contribution in [0.2, 0.25) is 0 Å². The summed E-state index contributed by atoms with van der Waals surface area (Å²) in [6.07, 6.45) is 1.34. The third-order valence-corrected chi connectivity index (χ3v) is 2.74. The fourth-order valence-corrected chi connectivity index (χ4v) is 1.58. The Morgan fingerprint density at radius 1 is 1.32 bits per heavy atom. The number of carbonyl (C=O) groups excluding carboxylic acids is 1. The number of pyridine rings is 1. The molecule has 4 nitrogen and oxygen atoms in total. The molecule has 1 aromatic carbocycles. The Morgan fingerprint density at radius 3 is 2.74 bits per heavy atom. The predicted octanol–water partition coefficient (Wildman–Crippen LogP) is 1.75. The van der Waals surface area contributed by atoms with Crippen molar-refractivity contribution in [3.63, 3.8) is 0 Å². The van der Waals surface area contributed by atoms with E-state index in [9.17, 15) is 14.0 Å². The van der Waals surface area contributed by atoms with E-state index in [0.29, 0.717) is 16.7 Å². The summed E-state index contributed by atoms with van der Waals surface area (Å²) < 4.78 is 13.3. The Labute approximate surface area is 109 Å². The molecule has 0 radical (unpaired) electrons. The van der Waals surface area contributed by atoms with E-state index in [4.69, 9.17) is 0 Å². The maximum atomic E-state index is 13.3. The molecule has 19 heavy (non-hydrogen) atoms. The highest BCUT2D eigenvalue weighted by molar-refractivity contribution is 5.93. The van der Waals surface area contributed by atoms with Gasteiger partial charge in [0.05, 0.1) is 5.56 Å². The molecule has 0 saturated carbocycles. The Morgan fingerprint density at radius 2 is 2.11 bits per heavy atom. The molecule has 0 fully saturated rings. The molecule has 1 amide bonds. The smallest absolute Gasteiger partial charge is 0.253 e. The first-order valence-corrected chi connectivity index (χ1v) is 5.78. The average molecular weight is 260 g/mol. The topological polar surface area (TPSA) is 62.0 Å². The highest BCUT2D eigenvalue weighted by Gasteiger charge is 2.06. The fourth-order valence-electron chi connectivity index (χ4n) is 1.58. The van der Waals surface area contributed by atoms with Crippen molar-refractivity contribution < 1.29 is 9.18 Å². The highest BCUT2D eigenvalue weighted by atomic mass is 19.1. The van der Waals surface area contributed by atoms with Crippen molar-refractivity contribution in [1.82, 2.24) is 10.3 Å². The van der Waals surface area contributed by atoms with Crippen LogP contribution in [-0.2, 0) is 6.54 Å². The minimum Gasteiger partial charge on any atom is -0.348 e. The standard InChI is InChI=1S/C14H13FN2O2/c1-9-2-3-10(6-12(9)15)7-17-14(19)11-4-5-13(18)16-8-11/h2-6,8H,7H2,1H3,(H,16,18)(H,17,19). The first kappa shape index (κ1) is 13.0. The summed E-state index contributed by atoms with van der Waals surface area (Å²) in [5.41, 5.74) is 1.33. The zero-order chi connectivity index (χ0) is 13.8. The van der Waals surface area contributed by atoms with Gasteiger partial charge < -0.3 is 10.3 Å². The van der Waals surface area contributed by atoms with E-state index in [0.717, 1.165) is 0 Å². The molecular formula is C14H13FN2O2. The van der Waals surface area contributed by atoms with Crippen LogP contribution in [0.5, 0.6) is 0 Å². The molecule has 0 atom stereocenters. The lowest BCUT2D eigenvalue weighted by atomic mass is 10.1. The van der Waals surface area contributed by atoms with Crippen molar-refractivity contribution in [2.75, 3.05) is 0 Å².